The Bertz CT molecular complexity index is 249. The van der Waals surface area contributed by atoms with E-state index in [9.17, 15) is 4.79 Å². The fourth-order valence-corrected chi connectivity index (χ4v) is 3.46. The zero-order chi connectivity index (χ0) is 11.1. The van der Waals surface area contributed by atoms with Crippen LogP contribution in [0.25, 0.3) is 0 Å². The minimum Gasteiger partial charge on any atom is -0.299 e. The van der Waals surface area contributed by atoms with Crippen LogP contribution in [-0.2, 0) is 4.79 Å². The molecule has 0 bridgehead atoms. The number of rotatable bonds is 0. The molecule has 2 saturated carbocycles. The SMILES string of the molecule is CC(C)(C)[C@H]1CC[C@H]2CCC[C@H]2C(=O)C1. The lowest BCUT2D eigenvalue weighted by Crippen LogP contribution is -2.23. The smallest absolute Gasteiger partial charge is 0.136 e. The lowest BCUT2D eigenvalue weighted by molar-refractivity contribution is -0.124. The molecule has 3 atom stereocenters. The molecule has 0 aliphatic heterocycles. The summed E-state index contributed by atoms with van der Waals surface area (Å²) in [7, 11) is 0. The number of Topliss-reactive ketones (excluding diaryl/α,β-unsaturated/α-hetero) is 1. The van der Waals surface area contributed by atoms with Crippen LogP contribution in [0.15, 0.2) is 0 Å². The second-order valence-corrected chi connectivity index (χ2v) is 6.61. The molecular weight excluding hydrogens is 184 g/mol. The van der Waals surface area contributed by atoms with E-state index in [1.54, 1.807) is 0 Å². The molecule has 86 valence electrons. The van der Waals surface area contributed by atoms with E-state index in [1.165, 1.54) is 32.1 Å². The Morgan fingerprint density at radius 3 is 2.47 bits per heavy atom. The van der Waals surface area contributed by atoms with Gasteiger partial charge in [0.25, 0.3) is 0 Å². The fourth-order valence-electron chi connectivity index (χ4n) is 3.46. The number of carbonyl (C=O) groups is 1. The molecule has 2 aliphatic carbocycles. The largest absolute Gasteiger partial charge is 0.299 e. The molecule has 0 aromatic heterocycles. The predicted octanol–water partition coefficient (Wildman–Crippen LogP) is 3.82. The summed E-state index contributed by atoms with van der Waals surface area (Å²) in [4.78, 5) is 12.2. The van der Waals surface area contributed by atoms with E-state index in [0.717, 1.165) is 12.3 Å². The van der Waals surface area contributed by atoms with Gasteiger partial charge in [0.15, 0.2) is 0 Å². The van der Waals surface area contributed by atoms with Gasteiger partial charge in [0, 0.05) is 12.3 Å². The number of ketones is 1. The van der Waals surface area contributed by atoms with E-state index < -0.39 is 0 Å². The maximum atomic E-state index is 12.2. The van der Waals surface area contributed by atoms with E-state index in [1.807, 2.05) is 0 Å². The molecule has 0 aromatic rings. The van der Waals surface area contributed by atoms with Crippen molar-refractivity contribution >= 4 is 5.78 Å². The second-order valence-electron chi connectivity index (χ2n) is 6.61. The molecule has 0 amide bonds. The standard InChI is InChI=1S/C14H24O/c1-14(2,3)11-8-7-10-5-4-6-12(10)13(15)9-11/h10-12H,4-9H2,1-3H3/t10-,11+,12-/m1/s1. The highest BCUT2D eigenvalue weighted by Gasteiger charge is 2.39. The highest BCUT2D eigenvalue weighted by molar-refractivity contribution is 5.82. The normalized spacial score (nSPS) is 37.5. The Hall–Kier alpha value is -0.330. The van der Waals surface area contributed by atoms with E-state index in [2.05, 4.69) is 20.8 Å². The van der Waals surface area contributed by atoms with Crippen molar-refractivity contribution < 1.29 is 4.79 Å². The van der Waals surface area contributed by atoms with Gasteiger partial charge in [-0.25, -0.2) is 0 Å². The van der Waals surface area contributed by atoms with Gasteiger partial charge in [-0.15, -0.1) is 0 Å². The van der Waals surface area contributed by atoms with Crippen LogP contribution >= 0.6 is 0 Å². The maximum Gasteiger partial charge on any atom is 0.136 e. The predicted molar refractivity (Wildman–Crippen MR) is 62.6 cm³/mol. The number of fused-ring (bicyclic) bond motifs is 1. The second kappa shape index (κ2) is 3.92. The van der Waals surface area contributed by atoms with Gasteiger partial charge in [-0.3, -0.25) is 4.79 Å². The Labute approximate surface area is 93.6 Å². The van der Waals surface area contributed by atoms with Gasteiger partial charge < -0.3 is 0 Å². The van der Waals surface area contributed by atoms with Crippen molar-refractivity contribution in [1.29, 1.82) is 0 Å². The molecule has 0 saturated heterocycles. The van der Waals surface area contributed by atoms with Gasteiger partial charge in [-0.1, -0.05) is 27.2 Å². The van der Waals surface area contributed by atoms with Crippen LogP contribution in [0.1, 0.15) is 59.3 Å². The van der Waals surface area contributed by atoms with Crippen molar-refractivity contribution in [3.05, 3.63) is 0 Å². The summed E-state index contributed by atoms with van der Waals surface area (Å²) in [6.07, 6.45) is 7.22. The third-order valence-corrected chi connectivity index (χ3v) is 4.63. The Morgan fingerprint density at radius 1 is 1.07 bits per heavy atom. The summed E-state index contributed by atoms with van der Waals surface area (Å²) in [5, 5.41) is 0. The first kappa shape index (κ1) is 11.2. The zero-order valence-electron chi connectivity index (χ0n) is 10.4. The Morgan fingerprint density at radius 2 is 1.80 bits per heavy atom. The molecule has 15 heavy (non-hydrogen) atoms. The van der Waals surface area contributed by atoms with Crippen molar-refractivity contribution in [3.8, 4) is 0 Å². The molecule has 0 aromatic carbocycles. The first-order valence-corrected chi connectivity index (χ1v) is 6.51. The molecule has 0 N–H and O–H groups in total. The highest BCUT2D eigenvalue weighted by Crippen LogP contribution is 2.44. The van der Waals surface area contributed by atoms with Gasteiger partial charge in [-0.2, -0.15) is 0 Å². The van der Waals surface area contributed by atoms with Crippen LogP contribution in [0.2, 0.25) is 0 Å². The van der Waals surface area contributed by atoms with Crippen molar-refractivity contribution in [2.75, 3.05) is 0 Å². The molecule has 0 radical (unpaired) electrons. The summed E-state index contributed by atoms with van der Waals surface area (Å²) in [6, 6.07) is 0. The average molecular weight is 208 g/mol. The molecule has 1 nitrogen and oxygen atoms in total. The first-order valence-electron chi connectivity index (χ1n) is 6.51. The lowest BCUT2D eigenvalue weighted by atomic mass is 9.76. The van der Waals surface area contributed by atoms with Crippen LogP contribution in [0.3, 0.4) is 0 Å². The van der Waals surface area contributed by atoms with Crippen LogP contribution in [-0.4, -0.2) is 5.78 Å². The molecule has 2 aliphatic rings. The summed E-state index contributed by atoms with van der Waals surface area (Å²) in [6.45, 7) is 6.85. The van der Waals surface area contributed by atoms with Crippen molar-refractivity contribution in [1.82, 2.24) is 0 Å². The topological polar surface area (TPSA) is 17.1 Å². The summed E-state index contributed by atoms with van der Waals surface area (Å²) < 4.78 is 0. The molecule has 0 heterocycles. The quantitative estimate of drug-likeness (QED) is 0.591. The number of hydrogen-bond donors (Lipinski definition) is 0. The number of hydrogen-bond acceptors (Lipinski definition) is 1. The Kier molecular flexibility index (Phi) is 2.92. The monoisotopic (exact) mass is 208 g/mol. The van der Waals surface area contributed by atoms with Crippen LogP contribution < -0.4 is 0 Å². The Balaban J connectivity index is 2.09. The van der Waals surface area contributed by atoms with Gasteiger partial charge in [0.2, 0.25) is 0 Å². The highest BCUT2D eigenvalue weighted by atomic mass is 16.1. The fraction of sp³-hybridized carbons (Fsp3) is 0.929. The first-order chi connectivity index (χ1) is 6.98. The molecule has 0 unspecified atom stereocenters. The summed E-state index contributed by atoms with van der Waals surface area (Å²) >= 11 is 0. The van der Waals surface area contributed by atoms with Crippen molar-refractivity contribution in [2.45, 2.75) is 59.3 Å². The average Bonchev–Trinajstić information content (AvgIpc) is 2.52. The minimum absolute atomic E-state index is 0.314. The molecule has 0 spiro atoms. The maximum absolute atomic E-state index is 12.2. The van der Waals surface area contributed by atoms with Gasteiger partial charge in [0.1, 0.15) is 5.78 Å². The summed E-state index contributed by atoms with van der Waals surface area (Å²) in [5.74, 6) is 2.38. The van der Waals surface area contributed by atoms with Crippen LogP contribution in [0, 0.1) is 23.2 Å². The lowest BCUT2D eigenvalue weighted by Gasteiger charge is -2.29. The minimum atomic E-state index is 0.314. The zero-order valence-corrected chi connectivity index (χ0v) is 10.4. The third-order valence-electron chi connectivity index (χ3n) is 4.63. The number of carbonyl (C=O) groups excluding carboxylic acids is 1. The van der Waals surface area contributed by atoms with Gasteiger partial charge in [-0.05, 0) is 42.9 Å². The molecule has 2 fully saturated rings. The van der Waals surface area contributed by atoms with Crippen molar-refractivity contribution in [3.63, 3.8) is 0 Å². The molecular formula is C14H24O. The summed E-state index contributed by atoms with van der Waals surface area (Å²) in [5.41, 5.74) is 0.314. The molecule has 2 rings (SSSR count). The van der Waals surface area contributed by atoms with Crippen LogP contribution in [0.4, 0.5) is 0 Å². The van der Waals surface area contributed by atoms with Crippen molar-refractivity contribution in [2.24, 2.45) is 23.2 Å². The van der Waals surface area contributed by atoms with E-state index in [0.29, 0.717) is 23.0 Å². The van der Waals surface area contributed by atoms with Gasteiger partial charge in [0.05, 0.1) is 0 Å². The van der Waals surface area contributed by atoms with E-state index >= 15 is 0 Å². The van der Waals surface area contributed by atoms with Gasteiger partial charge >= 0.3 is 0 Å². The van der Waals surface area contributed by atoms with Crippen LogP contribution in [0.5, 0.6) is 0 Å². The third kappa shape index (κ3) is 2.26. The van der Waals surface area contributed by atoms with E-state index in [-0.39, 0.29) is 0 Å². The molecule has 1 heteroatoms. The van der Waals surface area contributed by atoms with E-state index in [4.69, 9.17) is 0 Å².